The van der Waals surface area contributed by atoms with E-state index in [2.05, 4.69) is 10.3 Å². The summed E-state index contributed by atoms with van der Waals surface area (Å²) >= 11 is 1.56. The third-order valence-corrected chi connectivity index (χ3v) is 6.34. The molecule has 0 spiro atoms. The van der Waals surface area contributed by atoms with E-state index in [1.54, 1.807) is 11.3 Å². The van der Waals surface area contributed by atoms with E-state index in [1.807, 2.05) is 24.4 Å². The van der Waals surface area contributed by atoms with Crippen LogP contribution in [0.5, 0.6) is 0 Å². The highest BCUT2D eigenvalue weighted by Crippen LogP contribution is 2.24. The largest absolute Gasteiger partial charge is 0.458 e. The lowest BCUT2D eigenvalue weighted by Crippen LogP contribution is -2.42. The second-order valence-corrected chi connectivity index (χ2v) is 9.22. The highest BCUT2D eigenvalue weighted by molar-refractivity contribution is 7.88. The summed E-state index contributed by atoms with van der Waals surface area (Å²) in [5.41, 5.74) is 0.799. The number of carbonyl (C=O) groups excluding carboxylic acids is 1. The lowest BCUT2D eigenvalue weighted by Gasteiger charge is -2.29. The number of rotatable bonds is 5. The molecule has 3 rings (SSSR count). The van der Waals surface area contributed by atoms with Crippen molar-refractivity contribution in [2.24, 2.45) is 5.92 Å². The Kier molecular flexibility index (Phi) is 5.26. The maximum absolute atomic E-state index is 12.3. The fourth-order valence-electron chi connectivity index (χ4n) is 2.86. The van der Waals surface area contributed by atoms with E-state index < -0.39 is 10.0 Å². The molecule has 1 amide bonds. The zero-order valence-corrected chi connectivity index (χ0v) is 15.8. The highest BCUT2D eigenvalue weighted by atomic mass is 32.2. The van der Waals surface area contributed by atoms with Crippen LogP contribution in [0.1, 0.15) is 23.6 Å². The van der Waals surface area contributed by atoms with Gasteiger partial charge in [0.1, 0.15) is 11.5 Å². The summed E-state index contributed by atoms with van der Waals surface area (Å²) in [6.07, 6.45) is 2.28. The molecule has 25 heavy (non-hydrogen) atoms. The van der Waals surface area contributed by atoms with Crippen LogP contribution in [0.2, 0.25) is 0 Å². The van der Waals surface area contributed by atoms with Crippen molar-refractivity contribution in [3.05, 3.63) is 28.3 Å². The van der Waals surface area contributed by atoms with Gasteiger partial charge in [-0.05, 0) is 31.9 Å². The van der Waals surface area contributed by atoms with Crippen molar-refractivity contribution in [3.8, 4) is 11.5 Å². The fraction of sp³-hybridized carbons (Fsp3) is 0.500. The minimum Gasteiger partial charge on any atom is -0.458 e. The van der Waals surface area contributed by atoms with Gasteiger partial charge in [0, 0.05) is 24.4 Å². The highest BCUT2D eigenvalue weighted by Gasteiger charge is 2.28. The average molecular weight is 383 g/mol. The maximum atomic E-state index is 12.3. The summed E-state index contributed by atoms with van der Waals surface area (Å²) in [5, 5.41) is 5.78. The Bertz CT molecular complexity index is 848. The topological polar surface area (TPSA) is 92.5 Å². The maximum Gasteiger partial charge on any atom is 0.223 e. The van der Waals surface area contributed by atoms with Crippen LogP contribution in [0, 0.1) is 12.8 Å². The minimum atomic E-state index is -3.17. The second kappa shape index (κ2) is 7.27. The first-order valence-corrected chi connectivity index (χ1v) is 10.8. The van der Waals surface area contributed by atoms with Gasteiger partial charge in [-0.1, -0.05) is 0 Å². The van der Waals surface area contributed by atoms with Crippen molar-refractivity contribution >= 4 is 27.3 Å². The molecule has 0 radical (unpaired) electrons. The number of amides is 1. The molecule has 0 saturated carbocycles. The van der Waals surface area contributed by atoms with E-state index in [4.69, 9.17) is 4.42 Å². The van der Waals surface area contributed by atoms with Crippen LogP contribution in [0.25, 0.3) is 11.5 Å². The van der Waals surface area contributed by atoms with Crippen LogP contribution in [0.4, 0.5) is 0 Å². The van der Waals surface area contributed by atoms with E-state index in [0.29, 0.717) is 44.0 Å². The molecular weight excluding hydrogens is 362 g/mol. The van der Waals surface area contributed by atoms with Gasteiger partial charge in [0.2, 0.25) is 15.9 Å². The van der Waals surface area contributed by atoms with Gasteiger partial charge in [0.05, 0.1) is 17.8 Å². The Labute approximate surface area is 151 Å². The van der Waals surface area contributed by atoms with Gasteiger partial charge in [-0.2, -0.15) is 0 Å². The van der Waals surface area contributed by atoms with Crippen LogP contribution in [-0.2, 0) is 21.4 Å². The number of aryl methyl sites for hydroxylation is 1. The summed E-state index contributed by atoms with van der Waals surface area (Å²) in [6, 6.07) is 3.68. The number of furan rings is 1. The third kappa shape index (κ3) is 4.47. The fourth-order valence-corrected chi connectivity index (χ4v) is 4.33. The predicted molar refractivity (Wildman–Crippen MR) is 95.5 cm³/mol. The zero-order valence-electron chi connectivity index (χ0n) is 14.2. The molecule has 0 bridgehead atoms. The quantitative estimate of drug-likeness (QED) is 0.852. The molecule has 2 aromatic heterocycles. The summed E-state index contributed by atoms with van der Waals surface area (Å²) in [6.45, 7) is 3.04. The number of hydrogen-bond donors (Lipinski definition) is 1. The monoisotopic (exact) mass is 383 g/mol. The van der Waals surface area contributed by atoms with Crippen molar-refractivity contribution < 1.29 is 17.6 Å². The second-order valence-electron chi connectivity index (χ2n) is 6.17. The number of thiazole rings is 1. The molecular formula is C16H21N3O4S2. The number of nitrogens with zero attached hydrogens (tertiary/aromatic N) is 2. The summed E-state index contributed by atoms with van der Waals surface area (Å²) in [5.74, 6) is 1.14. The molecule has 136 valence electrons. The normalized spacial score (nSPS) is 16.9. The summed E-state index contributed by atoms with van der Waals surface area (Å²) in [7, 11) is -3.17. The Morgan fingerprint density at radius 3 is 2.72 bits per heavy atom. The van der Waals surface area contributed by atoms with E-state index in [1.165, 1.54) is 10.6 Å². The van der Waals surface area contributed by atoms with Crippen LogP contribution in [-0.4, -0.2) is 43.0 Å². The number of sulfonamides is 1. The van der Waals surface area contributed by atoms with Crippen LogP contribution < -0.4 is 5.32 Å². The first kappa shape index (κ1) is 18.1. The Morgan fingerprint density at radius 2 is 2.12 bits per heavy atom. The SMILES string of the molecule is Cc1nc(-c2ccc(CNC(=O)C3CCN(S(C)(=O)=O)CC3)o2)cs1. The average Bonchev–Trinajstić information content (AvgIpc) is 3.20. The van der Waals surface area contributed by atoms with Crippen molar-refractivity contribution in [1.29, 1.82) is 0 Å². The molecule has 1 fully saturated rings. The molecule has 9 heteroatoms. The van der Waals surface area contributed by atoms with Crippen molar-refractivity contribution in [2.75, 3.05) is 19.3 Å². The van der Waals surface area contributed by atoms with Gasteiger partial charge in [0.25, 0.3) is 0 Å². The predicted octanol–water partition coefficient (Wildman–Crippen LogP) is 2.00. The lowest BCUT2D eigenvalue weighted by molar-refractivity contribution is -0.126. The Balaban J connectivity index is 1.51. The molecule has 0 atom stereocenters. The van der Waals surface area contributed by atoms with E-state index in [9.17, 15) is 13.2 Å². The smallest absolute Gasteiger partial charge is 0.223 e. The summed E-state index contributed by atoms with van der Waals surface area (Å²) in [4.78, 5) is 16.6. The van der Waals surface area contributed by atoms with Crippen molar-refractivity contribution in [2.45, 2.75) is 26.3 Å². The van der Waals surface area contributed by atoms with Crippen LogP contribution >= 0.6 is 11.3 Å². The Hall–Kier alpha value is -1.71. The molecule has 2 aromatic rings. The number of nitrogens with one attached hydrogen (secondary N) is 1. The number of aromatic nitrogens is 1. The lowest BCUT2D eigenvalue weighted by atomic mass is 9.97. The van der Waals surface area contributed by atoms with Gasteiger partial charge in [-0.3, -0.25) is 4.79 Å². The van der Waals surface area contributed by atoms with Crippen LogP contribution in [0.15, 0.2) is 21.9 Å². The number of hydrogen-bond acceptors (Lipinski definition) is 6. The third-order valence-electron chi connectivity index (χ3n) is 4.26. The number of piperidine rings is 1. The summed E-state index contributed by atoms with van der Waals surface area (Å²) < 4.78 is 30.2. The molecule has 1 aliphatic rings. The van der Waals surface area contributed by atoms with Gasteiger partial charge in [-0.15, -0.1) is 11.3 Å². The molecule has 1 aliphatic heterocycles. The molecule has 0 aromatic carbocycles. The van der Waals surface area contributed by atoms with Crippen molar-refractivity contribution in [1.82, 2.24) is 14.6 Å². The molecule has 0 aliphatic carbocycles. The minimum absolute atomic E-state index is 0.0596. The molecule has 3 heterocycles. The van der Waals surface area contributed by atoms with Gasteiger partial charge in [-0.25, -0.2) is 17.7 Å². The first-order chi connectivity index (χ1) is 11.8. The van der Waals surface area contributed by atoms with Gasteiger partial charge in [0.15, 0.2) is 5.76 Å². The van der Waals surface area contributed by atoms with Gasteiger partial charge >= 0.3 is 0 Å². The standard InChI is InChI=1S/C16H21N3O4S2/c1-11-18-14(10-24-11)15-4-3-13(23-15)9-17-16(20)12-5-7-19(8-6-12)25(2,21)22/h3-4,10,12H,5-9H2,1-2H3,(H,17,20). The number of carbonyl (C=O) groups is 1. The zero-order chi connectivity index (χ0) is 18.0. The molecule has 1 N–H and O–H groups in total. The molecule has 0 unspecified atom stereocenters. The van der Waals surface area contributed by atoms with E-state index in [-0.39, 0.29) is 11.8 Å². The first-order valence-electron chi connectivity index (χ1n) is 8.07. The molecule has 1 saturated heterocycles. The Morgan fingerprint density at radius 1 is 1.40 bits per heavy atom. The van der Waals surface area contributed by atoms with Gasteiger partial charge < -0.3 is 9.73 Å². The molecule has 7 nitrogen and oxygen atoms in total. The van der Waals surface area contributed by atoms with Crippen LogP contribution in [0.3, 0.4) is 0 Å². The van der Waals surface area contributed by atoms with E-state index in [0.717, 1.165) is 10.7 Å². The van der Waals surface area contributed by atoms with E-state index >= 15 is 0 Å². The van der Waals surface area contributed by atoms with Crippen molar-refractivity contribution in [3.63, 3.8) is 0 Å².